The molecular weight excluding hydrogens is 560 g/mol. The summed E-state index contributed by atoms with van der Waals surface area (Å²) in [4.78, 5) is 64.2. The molecule has 2 aromatic rings. The summed E-state index contributed by atoms with van der Waals surface area (Å²) in [5.74, 6) is -1.77. The van der Waals surface area contributed by atoms with E-state index < -0.39 is 60.1 Å². The summed E-state index contributed by atoms with van der Waals surface area (Å²) in [5, 5.41) is 10.2. The van der Waals surface area contributed by atoms with Gasteiger partial charge in [0.15, 0.2) is 0 Å². The lowest BCUT2D eigenvalue weighted by Gasteiger charge is -2.25. The molecular formula is C30H38N4O9. The predicted octanol–water partition coefficient (Wildman–Crippen LogP) is 1.77. The summed E-state index contributed by atoms with van der Waals surface area (Å²) in [5.41, 5.74) is 1.40. The first kappa shape index (κ1) is 32.7. The highest BCUT2D eigenvalue weighted by Crippen LogP contribution is 2.39. The molecule has 0 saturated carbocycles. The number of rotatable bonds is 6. The Bertz CT molecular complexity index is 1390. The largest absolute Gasteiger partial charge is 0.496 e. The number of alkyl carbamates (subject to hydrolysis) is 1. The lowest BCUT2D eigenvalue weighted by molar-refractivity contribution is -0.145. The standard InChI is InChI=1S/C30H38N4O9/c1-16-26(36)33-21(28(38)42-7)13-17-8-10-22(40-5)19(12-17)20-14-18(9-11-23(20)41-6)25(27(37)32-16)34-24(35)15-31-29(39)43-30(2,3)4/h8-12,14,16,21,25H,13,15H2,1-7H3,(H,31,39)(H,32,37)(H,33,36)(H,34,35). The quantitative estimate of drug-likeness (QED) is 0.362. The molecule has 2 aromatic carbocycles. The fraction of sp³-hybridized carbons (Fsp3) is 0.433. The van der Waals surface area contributed by atoms with E-state index in [0.717, 1.165) is 0 Å². The van der Waals surface area contributed by atoms with Crippen molar-refractivity contribution in [3.8, 4) is 22.6 Å². The number of carbonyl (C=O) groups is 5. The van der Waals surface area contributed by atoms with Gasteiger partial charge < -0.3 is 40.2 Å². The first-order chi connectivity index (χ1) is 20.3. The molecule has 3 rings (SSSR count). The smallest absolute Gasteiger partial charge is 0.408 e. The van der Waals surface area contributed by atoms with Crippen LogP contribution in [-0.2, 0) is 35.1 Å². The van der Waals surface area contributed by atoms with Gasteiger partial charge in [-0.05, 0) is 63.1 Å². The summed E-state index contributed by atoms with van der Waals surface area (Å²) in [6.45, 7) is 6.02. The van der Waals surface area contributed by atoms with Crippen LogP contribution in [0.3, 0.4) is 0 Å². The van der Waals surface area contributed by atoms with Crippen LogP contribution in [0.25, 0.3) is 11.1 Å². The maximum atomic E-state index is 13.6. The Kier molecular flexibility index (Phi) is 10.6. The van der Waals surface area contributed by atoms with Gasteiger partial charge in [-0.3, -0.25) is 14.4 Å². The molecule has 1 aliphatic heterocycles. The monoisotopic (exact) mass is 598 g/mol. The van der Waals surface area contributed by atoms with Gasteiger partial charge in [-0.2, -0.15) is 0 Å². The lowest BCUT2D eigenvalue weighted by Crippen LogP contribution is -2.53. The van der Waals surface area contributed by atoms with Gasteiger partial charge in [0.25, 0.3) is 0 Å². The molecule has 4 amide bonds. The first-order valence-corrected chi connectivity index (χ1v) is 13.6. The number of hydrogen-bond acceptors (Lipinski definition) is 9. The molecule has 4 bridgehead atoms. The molecule has 232 valence electrons. The molecule has 1 heterocycles. The Balaban J connectivity index is 2.09. The normalized spacial score (nSPS) is 18.6. The minimum absolute atomic E-state index is 0.0986. The van der Waals surface area contributed by atoms with Crippen LogP contribution >= 0.6 is 0 Å². The van der Waals surface area contributed by atoms with Crippen molar-refractivity contribution in [1.82, 2.24) is 21.3 Å². The van der Waals surface area contributed by atoms with Gasteiger partial charge in [0.1, 0.15) is 41.8 Å². The van der Waals surface area contributed by atoms with Crippen molar-refractivity contribution in [1.29, 1.82) is 0 Å². The SMILES string of the molecule is COC(=O)C1Cc2ccc(OC)c(c2)-c2cc(ccc2OC)C(NC(=O)CNC(=O)OC(C)(C)C)C(=O)NC(C)C(=O)N1. The van der Waals surface area contributed by atoms with Crippen molar-refractivity contribution in [3.63, 3.8) is 0 Å². The van der Waals surface area contributed by atoms with Crippen LogP contribution in [0.2, 0.25) is 0 Å². The molecule has 0 fully saturated rings. The molecule has 4 N–H and O–H groups in total. The van der Waals surface area contributed by atoms with Gasteiger partial charge in [-0.1, -0.05) is 12.1 Å². The molecule has 0 radical (unpaired) electrons. The van der Waals surface area contributed by atoms with Crippen LogP contribution in [0.5, 0.6) is 11.5 Å². The Morgan fingerprint density at radius 3 is 2.14 bits per heavy atom. The highest BCUT2D eigenvalue weighted by atomic mass is 16.6. The van der Waals surface area contributed by atoms with Crippen molar-refractivity contribution in [3.05, 3.63) is 47.5 Å². The molecule has 0 saturated heterocycles. The first-order valence-electron chi connectivity index (χ1n) is 13.6. The van der Waals surface area contributed by atoms with Crippen molar-refractivity contribution in [2.45, 2.75) is 57.8 Å². The van der Waals surface area contributed by atoms with Crippen molar-refractivity contribution < 1.29 is 42.9 Å². The van der Waals surface area contributed by atoms with Gasteiger partial charge >= 0.3 is 12.1 Å². The molecule has 1 aliphatic rings. The molecule has 3 atom stereocenters. The number of esters is 1. The number of ether oxygens (including phenoxy) is 4. The van der Waals surface area contributed by atoms with Crippen LogP contribution in [-0.4, -0.2) is 75.3 Å². The average Bonchev–Trinajstić information content (AvgIpc) is 2.96. The Hall–Kier alpha value is -4.81. The van der Waals surface area contributed by atoms with E-state index in [9.17, 15) is 24.0 Å². The maximum Gasteiger partial charge on any atom is 0.408 e. The minimum atomic E-state index is -1.29. The zero-order chi connectivity index (χ0) is 31.9. The van der Waals surface area contributed by atoms with E-state index in [4.69, 9.17) is 18.9 Å². The number of carbonyl (C=O) groups excluding carboxylic acids is 5. The minimum Gasteiger partial charge on any atom is -0.496 e. The Morgan fingerprint density at radius 2 is 1.53 bits per heavy atom. The van der Waals surface area contributed by atoms with Gasteiger partial charge in [-0.15, -0.1) is 0 Å². The second-order valence-electron chi connectivity index (χ2n) is 10.9. The van der Waals surface area contributed by atoms with Gasteiger partial charge in [0.2, 0.25) is 17.7 Å². The summed E-state index contributed by atoms with van der Waals surface area (Å²) >= 11 is 0. The highest BCUT2D eigenvalue weighted by molar-refractivity contribution is 5.95. The van der Waals surface area contributed by atoms with E-state index in [1.165, 1.54) is 28.3 Å². The zero-order valence-corrected chi connectivity index (χ0v) is 25.3. The molecule has 13 nitrogen and oxygen atoms in total. The fourth-order valence-electron chi connectivity index (χ4n) is 4.42. The molecule has 0 aliphatic carbocycles. The van der Waals surface area contributed by atoms with E-state index in [2.05, 4.69) is 21.3 Å². The summed E-state index contributed by atoms with van der Waals surface area (Å²) in [7, 11) is 4.21. The van der Waals surface area contributed by atoms with Crippen molar-refractivity contribution in [2.24, 2.45) is 0 Å². The average molecular weight is 599 g/mol. The van der Waals surface area contributed by atoms with Crippen LogP contribution < -0.4 is 30.7 Å². The van der Waals surface area contributed by atoms with Gasteiger partial charge in [0.05, 0.1) is 21.3 Å². The number of hydrogen-bond donors (Lipinski definition) is 4. The van der Waals surface area contributed by atoms with Crippen LogP contribution in [0.15, 0.2) is 36.4 Å². The number of fused-ring (bicyclic) bond motifs is 5. The van der Waals surface area contributed by atoms with Gasteiger partial charge in [0, 0.05) is 17.5 Å². The van der Waals surface area contributed by atoms with E-state index in [-0.39, 0.29) is 6.42 Å². The second kappa shape index (κ2) is 13.9. The zero-order valence-electron chi connectivity index (χ0n) is 25.3. The van der Waals surface area contributed by atoms with Crippen molar-refractivity contribution in [2.75, 3.05) is 27.9 Å². The molecule has 13 heteroatoms. The summed E-state index contributed by atoms with van der Waals surface area (Å²) in [6.07, 6.45) is -0.705. The topological polar surface area (TPSA) is 170 Å². The predicted molar refractivity (Wildman–Crippen MR) is 155 cm³/mol. The Labute approximate surface area is 250 Å². The summed E-state index contributed by atoms with van der Waals surface area (Å²) in [6, 6.07) is 6.75. The summed E-state index contributed by atoms with van der Waals surface area (Å²) < 4.78 is 21.3. The van der Waals surface area contributed by atoms with Crippen molar-refractivity contribution >= 4 is 29.8 Å². The highest BCUT2D eigenvalue weighted by Gasteiger charge is 2.31. The van der Waals surface area contributed by atoms with E-state index in [1.54, 1.807) is 57.2 Å². The molecule has 0 spiro atoms. The second-order valence-corrected chi connectivity index (χ2v) is 10.9. The molecule has 43 heavy (non-hydrogen) atoms. The Morgan fingerprint density at radius 1 is 0.907 bits per heavy atom. The van der Waals surface area contributed by atoms with E-state index in [1.807, 2.05) is 0 Å². The third-order valence-corrected chi connectivity index (χ3v) is 6.46. The van der Waals surface area contributed by atoms with Crippen LogP contribution in [0, 0.1) is 0 Å². The number of benzene rings is 2. The molecule has 0 aromatic heterocycles. The lowest BCUT2D eigenvalue weighted by atomic mass is 9.94. The maximum absolute atomic E-state index is 13.6. The third kappa shape index (κ3) is 8.60. The van der Waals surface area contributed by atoms with E-state index in [0.29, 0.717) is 33.8 Å². The van der Waals surface area contributed by atoms with Crippen LogP contribution in [0.1, 0.15) is 44.9 Å². The number of methoxy groups -OCH3 is 3. The number of nitrogens with one attached hydrogen (secondary N) is 4. The molecule has 3 unspecified atom stereocenters. The fourth-order valence-corrected chi connectivity index (χ4v) is 4.42. The van der Waals surface area contributed by atoms with E-state index >= 15 is 0 Å². The van der Waals surface area contributed by atoms with Gasteiger partial charge in [-0.25, -0.2) is 9.59 Å². The van der Waals surface area contributed by atoms with Crippen LogP contribution in [0.4, 0.5) is 4.79 Å². The number of amides is 4. The third-order valence-electron chi connectivity index (χ3n) is 6.46.